The lowest BCUT2D eigenvalue weighted by Gasteiger charge is -1.91. The number of rotatable bonds is 1. The van der Waals surface area contributed by atoms with Gasteiger partial charge in [0.25, 0.3) is 0 Å². The summed E-state index contributed by atoms with van der Waals surface area (Å²) in [6, 6.07) is 10.6. The lowest BCUT2D eigenvalue weighted by Crippen LogP contribution is -1.93. The van der Waals surface area contributed by atoms with E-state index in [0.29, 0.717) is 10.9 Å². The van der Waals surface area contributed by atoms with E-state index in [0.717, 1.165) is 0 Å². The van der Waals surface area contributed by atoms with Gasteiger partial charge in [0, 0.05) is 10.9 Å². The largest absolute Gasteiger partial charge is 0.394 e. The van der Waals surface area contributed by atoms with Gasteiger partial charge in [0.15, 0.2) is 4.90 Å². The summed E-state index contributed by atoms with van der Waals surface area (Å²) in [5.41, 5.74) is 0. The van der Waals surface area contributed by atoms with Crippen molar-refractivity contribution >= 4 is 21.3 Å². The minimum Gasteiger partial charge on any atom is -0.264 e. The summed E-state index contributed by atoms with van der Waals surface area (Å²) in [4.78, 5) is 1.44. The van der Waals surface area contributed by atoms with Crippen molar-refractivity contribution in [2.45, 2.75) is 4.90 Å². The maximum absolute atomic E-state index is 8.74. The fourth-order valence-corrected chi connectivity index (χ4v) is 1.39. The van der Waals surface area contributed by atoms with E-state index in [9.17, 15) is 0 Å². The average Bonchev–Trinajstić information content (AvgIpc) is 2.03. The zero-order valence-corrected chi connectivity index (χ0v) is 9.55. The van der Waals surface area contributed by atoms with E-state index in [1.807, 2.05) is 0 Å². The van der Waals surface area contributed by atoms with Crippen LogP contribution in [0, 0.1) is 0 Å². The van der Waals surface area contributed by atoms with Crippen LogP contribution in [0.3, 0.4) is 0 Å². The molecule has 1 aromatic carbocycles. The highest BCUT2D eigenvalue weighted by Crippen LogP contribution is 2.05. The molecule has 14 heavy (non-hydrogen) atoms. The first-order valence-corrected chi connectivity index (χ1v) is 7.07. The van der Waals surface area contributed by atoms with Gasteiger partial charge in [-0.2, -0.15) is 8.42 Å². The third kappa shape index (κ3) is 9.53. The zero-order valence-electron chi connectivity index (χ0n) is 7.91. The fraction of sp³-hybridized carbons (Fsp3) is 0.250. The molecule has 0 atom stereocenters. The molecule has 0 radical (unpaired) electrons. The maximum Gasteiger partial charge on any atom is 0.394 e. The van der Waals surface area contributed by atoms with Crippen molar-refractivity contribution in [1.29, 1.82) is 0 Å². The second-order valence-electron chi connectivity index (χ2n) is 2.58. The van der Waals surface area contributed by atoms with Gasteiger partial charge in [-0.25, -0.2) is 0 Å². The molecule has 0 bridgehead atoms. The molecule has 4 nitrogen and oxygen atoms in total. The molecule has 1 rings (SSSR count). The average molecular weight is 237 g/mol. The minimum absolute atomic E-state index is 0.421. The Morgan fingerprint density at radius 1 is 1.07 bits per heavy atom. The maximum atomic E-state index is 8.74. The molecule has 0 unspecified atom stereocenters. The first kappa shape index (κ1) is 13.4. The highest BCUT2D eigenvalue weighted by Gasteiger charge is 2.03. The van der Waals surface area contributed by atoms with Crippen LogP contribution in [0.5, 0.6) is 0 Å². The molecule has 1 aromatic rings. The summed E-state index contributed by atoms with van der Waals surface area (Å²) in [5, 5.41) is 0. The highest BCUT2D eigenvalue weighted by molar-refractivity contribution is 7.95. The highest BCUT2D eigenvalue weighted by atomic mass is 32.3. The van der Waals surface area contributed by atoms with Crippen LogP contribution in [-0.4, -0.2) is 30.0 Å². The van der Waals surface area contributed by atoms with E-state index in [1.165, 1.54) is 4.90 Å². The van der Waals surface area contributed by atoms with E-state index in [1.54, 1.807) is 0 Å². The van der Waals surface area contributed by atoms with Gasteiger partial charge >= 0.3 is 10.4 Å². The van der Waals surface area contributed by atoms with Crippen molar-refractivity contribution in [3.63, 3.8) is 0 Å². The smallest absolute Gasteiger partial charge is 0.264 e. The Morgan fingerprint density at radius 2 is 1.43 bits per heavy atom. The Kier molecular flexibility index (Phi) is 5.78. The zero-order chi connectivity index (χ0) is 11.2. The van der Waals surface area contributed by atoms with Gasteiger partial charge < -0.3 is 0 Å². The first-order valence-electron chi connectivity index (χ1n) is 3.63. The van der Waals surface area contributed by atoms with Gasteiger partial charge in [0.05, 0.1) is 0 Å². The quantitative estimate of drug-likeness (QED) is 0.570. The lowest BCUT2D eigenvalue weighted by atomic mass is 10.4. The van der Waals surface area contributed by atoms with Crippen LogP contribution < -0.4 is 0 Å². The predicted molar refractivity (Wildman–Crippen MR) is 58.1 cm³/mol. The van der Waals surface area contributed by atoms with E-state index in [-0.39, 0.29) is 0 Å². The van der Waals surface area contributed by atoms with Crippen molar-refractivity contribution in [1.82, 2.24) is 0 Å². The van der Waals surface area contributed by atoms with Crippen LogP contribution >= 0.6 is 0 Å². The molecule has 80 valence electrons. The molecule has 0 aliphatic rings. The van der Waals surface area contributed by atoms with Crippen LogP contribution in [0.25, 0.3) is 0 Å². The van der Waals surface area contributed by atoms with Crippen LogP contribution in [0.4, 0.5) is 0 Å². The lowest BCUT2D eigenvalue weighted by molar-refractivity contribution is 0.381. The fourth-order valence-electron chi connectivity index (χ4n) is 0.693. The van der Waals surface area contributed by atoms with E-state index >= 15 is 0 Å². The van der Waals surface area contributed by atoms with Gasteiger partial charge in [-0.05, 0) is 12.1 Å². The Morgan fingerprint density at radius 3 is 1.64 bits per heavy atom. The normalized spacial score (nSPS) is 10.6. The third-order valence-corrected chi connectivity index (χ3v) is 2.43. The Balaban J connectivity index is 0.000000292. The van der Waals surface area contributed by atoms with Gasteiger partial charge in [0.1, 0.15) is 12.5 Å². The minimum atomic E-state index is -4.67. The predicted octanol–water partition coefficient (Wildman–Crippen LogP) is 1.27. The Labute approximate surface area is 86.9 Å². The number of benzene rings is 1. The van der Waals surface area contributed by atoms with Crippen LogP contribution in [-0.2, 0) is 21.3 Å². The molecule has 0 saturated carbocycles. The molecule has 0 heterocycles. The monoisotopic (exact) mass is 237 g/mol. The van der Waals surface area contributed by atoms with Crippen molar-refractivity contribution in [2.24, 2.45) is 0 Å². The molecule has 0 aliphatic carbocycles. The van der Waals surface area contributed by atoms with Gasteiger partial charge in [0.2, 0.25) is 0 Å². The van der Waals surface area contributed by atoms with Crippen molar-refractivity contribution in [3.8, 4) is 0 Å². The second kappa shape index (κ2) is 6.02. The number of hydrogen-bond donors (Lipinski definition) is 2. The molecule has 0 fully saturated rings. The topological polar surface area (TPSA) is 74.6 Å². The van der Waals surface area contributed by atoms with Crippen molar-refractivity contribution in [2.75, 3.05) is 12.5 Å². The van der Waals surface area contributed by atoms with Crippen molar-refractivity contribution in [3.05, 3.63) is 30.3 Å². The summed E-state index contributed by atoms with van der Waals surface area (Å²) >= 11 is 0. The van der Waals surface area contributed by atoms with E-state index < -0.39 is 10.4 Å². The molecule has 0 spiro atoms. The molecule has 0 amide bonds. The molecule has 0 aliphatic heterocycles. The number of hydrogen-bond acceptors (Lipinski definition) is 2. The third-order valence-electron chi connectivity index (χ3n) is 1.21. The second-order valence-corrected chi connectivity index (χ2v) is 5.58. The summed E-state index contributed by atoms with van der Waals surface area (Å²) in [7, 11) is -4.25. The van der Waals surface area contributed by atoms with Crippen LogP contribution in [0.15, 0.2) is 35.2 Å². The summed E-state index contributed by atoms with van der Waals surface area (Å²) in [6.07, 6.45) is 4.46. The Hall–Kier alpha value is -0.560. The van der Waals surface area contributed by atoms with Gasteiger partial charge in [-0.15, -0.1) is 0 Å². The molecular formula is C8H13O4S2+. The van der Waals surface area contributed by atoms with E-state index in [2.05, 4.69) is 42.8 Å². The van der Waals surface area contributed by atoms with E-state index in [4.69, 9.17) is 17.5 Å². The first-order chi connectivity index (χ1) is 6.30. The van der Waals surface area contributed by atoms with Gasteiger partial charge in [-0.1, -0.05) is 18.2 Å². The Bertz CT molecular complexity index is 337. The molecule has 2 N–H and O–H groups in total. The standard InChI is InChI=1S/C8H11S.H2O4S/c1-9(2)8-6-4-3-5-7-8;1-5(2,3)4/h3-7H,1-2H3;(H2,1,2,3,4)/q+1;. The molecule has 6 heteroatoms. The summed E-state index contributed by atoms with van der Waals surface area (Å²) < 4.78 is 31.6. The molecule has 0 aromatic heterocycles. The molecule has 0 saturated heterocycles. The summed E-state index contributed by atoms with van der Waals surface area (Å²) in [5.74, 6) is 0. The van der Waals surface area contributed by atoms with Gasteiger partial charge in [-0.3, -0.25) is 9.11 Å². The van der Waals surface area contributed by atoms with Crippen LogP contribution in [0.2, 0.25) is 0 Å². The van der Waals surface area contributed by atoms with Crippen molar-refractivity contribution < 1.29 is 17.5 Å². The molecular weight excluding hydrogens is 224 g/mol. The SMILES string of the molecule is C[S+](C)c1ccccc1.O=S(=O)(O)O. The van der Waals surface area contributed by atoms with Crippen LogP contribution in [0.1, 0.15) is 0 Å². The summed E-state index contributed by atoms with van der Waals surface area (Å²) in [6.45, 7) is 0.